The number of nitrogens with zero attached hydrogens (tertiary/aromatic N) is 4. The van der Waals surface area contributed by atoms with Crippen LogP contribution < -0.4 is 18.9 Å². The fourth-order valence-corrected chi connectivity index (χ4v) is 4.88. The average molecular weight is 571 g/mol. The van der Waals surface area contributed by atoms with Crippen molar-refractivity contribution in [2.24, 2.45) is 0 Å². The van der Waals surface area contributed by atoms with Crippen molar-refractivity contribution >= 4 is 42.8 Å². The van der Waals surface area contributed by atoms with Crippen LogP contribution in [0.15, 0.2) is 46.3 Å². The average Bonchev–Trinajstić information content (AvgIpc) is 3.27. The van der Waals surface area contributed by atoms with Crippen molar-refractivity contribution in [3.8, 4) is 28.8 Å². The molecule has 0 saturated heterocycles. The number of halogens is 3. The molecule has 4 rings (SSSR count). The number of nitrogens with one attached hydrogen (secondary N) is 2. The zero-order valence-corrected chi connectivity index (χ0v) is 20.5. The van der Waals surface area contributed by atoms with Gasteiger partial charge in [-0.15, -0.1) is 0 Å². The molecule has 184 valence electrons. The number of hydrogen-bond donors (Lipinski definition) is 2. The lowest BCUT2D eigenvalue weighted by Crippen LogP contribution is -2.16. The highest BCUT2D eigenvalue weighted by molar-refractivity contribution is 9.10. The Kier molecular flexibility index (Phi) is 6.98. The van der Waals surface area contributed by atoms with E-state index in [9.17, 15) is 17.2 Å². The molecule has 0 aliphatic rings. The van der Waals surface area contributed by atoms with Gasteiger partial charge in [0.05, 0.1) is 31.6 Å². The molecule has 0 aliphatic carbocycles. The number of methoxy groups -OCH3 is 2. The monoisotopic (exact) mass is 570 g/mol. The summed E-state index contributed by atoms with van der Waals surface area (Å²) in [6, 6.07) is 3.31. The van der Waals surface area contributed by atoms with E-state index < -0.39 is 29.0 Å². The summed E-state index contributed by atoms with van der Waals surface area (Å²) < 4.78 is 69.7. The number of hydrogen-bond acceptors (Lipinski definition) is 9. The van der Waals surface area contributed by atoms with Crippen molar-refractivity contribution < 1.29 is 31.4 Å². The van der Waals surface area contributed by atoms with Gasteiger partial charge in [0.15, 0.2) is 0 Å². The lowest BCUT2D eigenvalue weighted by molar-refractivity contribution is 0.0781. The van der Waals surface area contributed by atoms with Gasteiger partial charge in [-0.25, -0.2) is 21.9 Å². The van der Waals surface area contributed by atoms with Crippen LogP contribution in [0, 0.1) is 0 Å². The smallest absolute Gasteiger partial charge is 0.272 e. The topological polar surface area (TPSA) is 141 Å². The number of anilines is 1. The molecule has 3 heterocycles. The first-order valence-corrected chi connectivity index (χ1v) is 12.0. The van der Waals surface area contributed by atoms with Crippen LogP contribution in [0.5, 0.6) is 17.5 Å². The standard InChI is InChI=1S/C20H17BrF2N6O5S/c1-32-18-17(34-9-14(22)23)19(33-2)28-20(27-18)29-35(30,31)13-8-26-16-10(13)3-4-11(21)15(16)12-7-24-5-6-25-12/h3-8,14,26H,9H2,1-2H3,(H,27,28,29). The molecule has 0 fully saturated rings. The van der Waals surface area contributed by atoms with Crippen molar-refractivity contribution in [2.45, 2.75) is 11.3 Å². The number of fused-ring (bicyclic) bond motifs is 1. The number of aromatic nitrogens is 5. The fourth-order valence-electron chi connectivity index (χ4n) is 3.23. The van der Waals surface area contributed by atoms with Crippen molar-refractivity contribution in [3.05, 3.63) is 41.4 Å². The summed E-state index contributed by atoms with van der Waals surface area (Å²) in [7, 11) is -1.81. The molecule has 0 atom stereocenters. The van der Waals surface area contributed by atoms with Gasteiger partial charge in [0, 0.05) is 34.0 Å². The van der Waals surface area contributed by atoms with Gasteiger partial charge in [0.1, 0.15) is 11.5 Å². The number of rotatable bonds is 9. The van der Waals surface area contributed by atoms with E-state index in [-0.39, 0.29) is 22.4 Å². The number of sulfonamides is 1. The molecule has 0 spiro atoms. The normalized spacial score (nSPS) is 11.6. The Morgan fingerprint density at radius 2 is 1.86 bits per heavy atom. The molecular weight excluding hydrogens is 554 g/mol. The Bertz CT molecular complexity index is 1440. The van der Waals surface area contributed by atoms with Gasteiger partial charge in [-0.3, -0.25) is 9.97 Å². The van der Waals surface area contributed by atoms with E-state index in [1.807, 2.05) is 0 Å². The third-order valence-corrected chi connectivity index (χ3v) is 6.67. The SMILES string of the molecule is COc1nc(NS(=O)(=O)c2c[nH]c3c(-c4cnccn4)c(Br)ccc23)nc(OC)c1OCC(F)F. The van der Waals surface area contributed by atoms with Gasteiger partial charge >= 0.3 is 0 Å². The first-order chi connectivity index (χ1) is 16.7. The zero-order chi connectivity index (χ0) is 25.2. The van der Waals surface area contributed by atoms with Gasteiger partial charge < -0.3 is 19.2 Å². The predicted octanol–water partition coefficient (Wildman–Crippen LogP) is 3.64. The molecule has 4 aromatic rings. The van der Waals surface area contributed by atoms with E-state index in [0.29, 0.717) is 26.6 Å². The minimum absolute atomic E-state index is 0.0929. The highest BCUT2D eigenvalue weighted by Gasteiger charge is 2.26. The van der Waals surface area contributed by atoms with E-state index in [4.69, 9.17) is 14.2 Å². The van der Waals surface area contributed by atoms with E-state index >= 15 is 0 Å². The molecule has 0 radical (unpaired) electrons. The van der Waals surface area contributed by atoms with Crippen molar-refractivity contribution in [1.29, 1.82) is 0 Å². The summed E-state index contributed by atoms with van der Waals surface area (Å²) in [5, 5.41) is 0.372. The molecule has 0 saturated carbocycles. The summed E-state index contributed by atoms with van der Waals surface area (Å²) in [6.45, 7) is -0.958. The van der Waals surface area contributed by atoms with E-state index in [0.717, 1.165) is 0 Å². The summed E-state index contributed by atoms with van der Waals surface area (Å²) in [5.41, 5.74) is 1.66. The van der Waals surface area contributed by atoms with Gasteiger partial charge in [-0.05, 0) is 6.07 Å². The highest BCUT2D eigenvalue weighted by atomic mass is 79.9. The maximum atomic E-state index is 13.2. The lowest BCUT2D eigenvalue weighted by atomic mass is 10.1. The third-order valence-electron chi connectivity index (χ3n) is 4.65. The fraction of sp³-hybridized carbons (Fsp3) is 0.200. The number of H-pyrrole nitrogens is 1. The Hall–Kier alpha value is -3.59. The molecular formula is C20H17BrF2N6O5S. The maximum absolute atomic E-state index is 13.2. The Labute approximate surface area is 206 Å². The first-order valence-electron chi connectivity index (χ1n) is 9.75. The summed E-state index contributed by atoms with van der Waals surface area (Å²) in [6.07, 6.45) is 3.15. The van der Waals surface area contributed by atoms with Crippen molar-refractivity contribution in [1.82, 2.24) is 24.9 Å². The first kappa shape index (κ1) is 24.5. The second-order valence-electron chi connectivity index (χ2n) is 6.79. The van der Waals surface area contributed by atoms with Gasteiger partial charge in [-0.1, -0.05) is 22.0 Å². The van der Waals surface area contributed by atoms with E-state index in [1.54, 1.807) is 18.3 Å². The van der Waals surface area contributed by atoms with Crippen molar-refractivity contribution in [2.75, 3.05) is 25.5 Å². The van der Waals surface area contributed by atoms with Crippen LogP contribution in [0.2, 0.25) is 0 Å². The molecule has 3 aromatic heterocycles. The molecule has 15 heteroatoms. The molecule has 0 unspecified atom stereocenters. The number of alkyl halides is 2. The van der Waals surface area contributed by atoms with Crippen LogP contribution in [-0.4, -0.2) is 60.6 Å². The Balaban J connectivity index is 1.74. The number of aromatic amines is 1. The van der Waals surface area contributed by atoms with Crippen LogP contribution in [-0.2, 0) is 10.0 Å². The van der Waals surface area contributed by atoms with Crippen LogP contribution in [0.3, 0.4) is 0 Å². The predicted molar refractivity (Wildman–Crippen MR) is 124 cm³/mol. The van der Waals surface area contributed by atoms with Gasteiger partial charge in [0.2, 0.25) is 11.7 Å². The summed E-state index contributed by atoms with van der Waals surface area (Å²) >= 11 is 3.47. The quantitative estimate of drug-likeness (QED) is 0.308. The molecule has 0 aliphatic heterocycles. The minimum atomic E-state index is -4.23. The number of ether oxygens (including phenoxy) is 3. The second-order valence-corrected chi connectivity index (χ2v) is 9.30. The lowest BCUT2D eigenvalue weighted by Gasteiger charge is -2.14. The largest absolute Gasteiger partial charge is 0.478 e. The van der Waals surface area contributed by atoms with Crippen LogP contribution in [0.1, 0.15) is 0 Å². The zero-order valence-electron chi connectivity index (χ0n) is 18.1. The highest BCUT2D eigenvalue weighted by Crippen LogP contribution is 2.38. The maximum Gasteiger partial charge on any atom is 0.272 e. The molecule has 1 aromatic carbocycles. The van der Waals surface area contributed by atoms with Gasteiger partial charge in [0.25, 0.3) is 28.2 Å². The molecule has 11 nitrogen and oxygen atoms in total. The third kappa shape index (κ3) is 4.95. The second kappa shape index (κ2) is 9.95. The summed E-state index contributed by atoms with van der Waals surface area (Å²) in [5.74, 6) is -1.28. The minimum Gasteiger partial charge on any atom is -0.478 e. The van der Waals surface area contributed by atoms with Crippen molar-refractivity contribution in [3.63, 3.8) is 0 Å². The molecule has 0 bridgehead atoms. The molecule has 0 amide bonds. The molecule has 2 N–H and O–H groups in total. The Morgan fingerprint density at radius 3 is 2.46 bits per heavy atom. The van der Waals surface area contributed by atoms with Gasteiger partial charge in [-0.2, -0.15) is 9.97 Å². The van der Waals surface area contributed by atoms with E-state index in [2.05, 4.69) is 45.6 Å². The molecule has 35 heavy (non-hydrogen) atoms. The number of benzene rings is 1. The van der Waals surface area contributed by atoms with Crippen LogP contribution in [0.4, 0.5) is 14.7 Å². The Morgan fingerprint density at radius 1 is 1.14 bits per heavy atom. The van der Waals surface area contributed by atoms with Crippen LogP contribution in [0.25, 0.3) is 22.2 Å². The van der Waals surface area contributed by atoms with Crippen LogP contribution >= 0.6 is 15.9 Å². The summed E-state index contributed by atoms with van der Waals surface area (Å²) in [4.78, 5) is 19.1. The van der Waals surface area contributed by atoms with E-state index in [1.165, 1.54) is 32.8 Å².